The van der Waals surface area contributed by atoms with Gasteiger partial charge in [0.05, 0.1) is 0 Å². The van der Waals surface area contributed by atoms with Gasteiger partial charge in [-0.15, -0.1) is 0 Å². The third-order valence-corrected chi connectivity index (χ3v) is 2.04. The van der Waals surface area contributed by atoms with Crippen LogP contribution in [-0.2, 0) is 0 Å². The Hall–Kier alpha value is -1.48. The molecule has 1 aromatic heterocycles. The van der Waals surface area contributed by atoms with Crippen LogP contribution in [0.4, 0.5) is 0 Å². The Bertz CT molecular complexity index is 470. The summed E-state index contributed by atoms with van der Waals surface area (Å²) >= 11 is 5.59. The SMILES string of the molecule is Oc1cc2cccc(O)c2nc1Cl. The average molecular weight is 196 g/mol. The van der Waals surface area contributed by atoms with Crippen LogP contribution in [0.1, 0.15) is 0 Å². The maximum absolute atomic E-state index is 9.38. The Labute approximate surface area is 79.2 Å². The minimum atomic E-state index is -0.0835. The van der Waals surface area contributed by atoms with Crippen LogP contribution in [0.25, 0.3) is 10.9 Å². The molecule has 13 heavy (non-hydrogen) atoms. The molecule has 2 N–H and O–H groups in total. The zero-order chi connectivity index (χ0) is 9.42. The number of fused-ring (bicyclic) bond motifs is 1. The van der Waals surface area contributed by atoms with Gasteiger partial charge in [0.2, 0.25) is 0 Å². The Balaban J connectivity index is 2.89. The number of rotatable bonds is 0. The van der Waals surface area contributed by atoms with E-state index in [0.717, 1.165) is 0 Å². The molecule has 0 atom stereocenters. The molecule has 0 bridgehead atoms. The predicted molar refractivity (Wildman–Crippen MR) is 50.1 cm³/mol. The highest BCUT2D eigenvalue weighted by atomic mass is 35.5. The van der Waals surface area contributed by atoms with E-state index in [2.05, 4.69) is 4.98 Å². The van der Waals surface area contributed by atoms with Crippen LogP contribution in [0, 0.1) is 0 Å². The molecule has 2 aromatic rings. The largest absolute Gasteiger partial charge is 0.506 e. The quantitative estimate of drug-likeness (QED) is 0.635. The van der Waals surface area contributed by atoms with Crippen molar-refractivity contribution in [1.82, 2.24) is 4.98 Å². The zero-order valence-electron chi connectivity index (χ0n) is 6.53. The van der Waals surface area contributed by atoms with E-state index in [0.29, 0.717) is 10.9 Å². The summed E-state index contributed by atoms with van der Waals surface area (Å²) in [6.07, 6.45) is 0. The zero-order valence-corrected chi connectivity index (χ0v) is 7.28. The molecule has 1 heterocycles. The number of benzene rings is 1. The van der Waals surface area contributed by atoms with Gasteiger partial charge in [-0.2, -0.15) is 0 Å². The Kier molecular flexibility index (Phi) is 1.74. The molecule has 1 aromatic carbocycles. The normalized spacial score (nSPS) is 10.5. The van der Waals surface area contributed by atoms with Gasteiger partial charge in [-0.3, -0.25) is 0 Å². The molecule has 4 heteroatoms. The van der Waals surface area contributed by atoms with Gasteiger partial charge in [0, 0.05) is 5.39 Å². The number of pyridine rings is 1. The Morgan fingerprint density at radius 1 is 1.15 bits per heavy atom. The highest BCUT2D eigenvalue weighted by molar-refractivity contribution is 6.31. The summed E-state index contributed by atoms with van der Waals surface area (Å²) in [6, 6.07) is 6.39. The maximum Gasteiger partial charge on any atom is 0.171 e. The summed E-state index contributed by atoms with van der Waals surface area (Å²) in [5, 5.41) is 19.3. The summed E-state index contributed by atoms with van der Waals surface area (Å²) in [5.74, 6) is -0.0285. The molecule has 0 fully saturated rings. The van der Waals surface area contributed by atoms with E-state index in [1.54, 1.807) is 12.1 Å². The fraction of sp³-hybridized carbons (Fsp3) is 0. The van der Waals surface area contributed by atoms with E-state index in [9.17, 15) is 10.2 Å². The second-order valence-corrected chi connectivity index (χ2v) is 3.01. The topological polar surface area (TPSA) is 53.4 Å². The molecule has 0 spiro atoms. The van der Waals surface area contributed by atoms with E-state index >= 15 is 0 Å². The summed E-state index contributed by atoms with van der Waals surface area (Å²) in [7, 11) is 0. The number of halogens is 1. The smallest absolute Gasteiger partial charge is 0.171 e. The van der Waals surface area contributed by atoms with Gasteiger partial charge in [-0.25, -0.2) is 4.98 Å². The van der Waals surface area contributed by atoms with Crippen molar-refractivity contribution < 1.29 is 10.2 Å². The van der Waals surface area contributed by atoms with Crippen molar-refractivity contribution in [3.63, 3.8) is 0 Å². The highest BCUT2D eigenvalue weighted by Gasteiger charge is 2.05. The van der Waals surface area contributed by atoms with Crippen molar-refractivity contribution in [1.29, 1.82) is 0 Å². The molecule has 0 unspecified atom stereocenters. The molecule has 0 amide bonds. The predicted octanol–water partition coefficient (Wildman–Crippen LogP) is 2.30. The average Bonchev–Trinajstić information content (AvgIpc) is 2.09. The van der Waals surface area contributed by atoms with E-state index in [-0.39, 0.29) is 16.7 Å². The lowest BCUT2D eigenvalue weighted by Gasteiger charge is -2.01. The van der Waals surface area contributed by atoms with Crippen LogP contribution in [0.2, 0.25) is 5.15 Å². The van der Waals surface area contributed by atoms with Crippen molar-refractivity contribution in [2.75, 3.05) is 0 Å². The molecule has 0 aliphatic heterocycles. The third kappa shape index (κ3) is 1.27. The number of aromatic nitrogens is 1. The van der Waals surface area contributed by atoms with Gasteiger partial charge < -0.3 is 10.2 Å². The molecule has 0 aliphatic carbocycles. The summed E-state index contributed by atoms with van der Waals surface area (Å²) < 4.78 is 0. The van der Waals surface area contributed by atoms with E-state index in [1.165, 1.54) is 12.1 Å². The molecule has 2 rings (SSSR count). The number of hydrogen-bond acceptors (Lipinski definition) is 3. The second-order valence-electron chi connectivity index (χ2n) is 2.65. The molecule has 66 valence electrons. The van der Waals surface area contributed by atoms with Crippen molar-refractivity contribution >= 4 is 22.5 Å². The minimum absolute atomic E-state index is 0.00556. The number of para-hydroxylation sites is 1. The van der Waals surface area contributed by atoms with Gasteiger partial charge in [-0.05, 0) is 12.1 Å². The Morgan fingerprint density at radius 2 is 1.92 bits per heavy atom. The van der Waals surface area contributed by atoms with Gasteiger partial charge in [-0.1, -0.05) is 23.7 Å². The molecule has 0 aliphatic rings. The molecule has 0 saturated carbocycles. The lowest BCUT2D eigenvalue weighted by Crippen LogP contribution is -1.81. The third-order valence-electron chi connectivity index (χ3n) is 1.76. The number of hydrogen-bond donors (Lipinski definition) is 2. The highest BCUT2D eigenvalue weighted by Crippen LogP contribution is 2.29. The maximum atomic E-state index is 9.38. The van der Waals surface area contributed by atoms with Gasteiger partial charge in [0.1, 0.15) is 11.3 Å². The fourth-order valence-corrected chi connectivity index (χ4v) is 1.29. The Morgan fingerprint density at radius 3 is 2.69 bits per heavy atom. The first-order chi connectivity index (χ1) is 6.18. The van der Waals surface area contributed by atoms with Crippen LogP contribution in [0.5, 0.6) is 11.5 Å². The number of phenolic OH excluding ortho intramolecular Hbond substituents is 1. The minimum Gasteiger partial charge on any atom is -0.506 e. The lowest BCUT2D eigenvalue weighted by molar-refractivity contribution is 0.472. The molecular weight excluding hydrogens is 190 g/mol. The first-order valence-corrected chi connectivity index (χ1v) is 4.03. The molecule has 3 nitrogen and oxygen atoms in total. The summed E-state index contributed by atoms with van der Waals surface area (Å²) in [5.41, 5.74) is 0.394. The van der Waals surface area contributed by atoms with Crippen LogP contribution < -0.4 is 0 Å². The van der Waals surface area contributed by atoms with E-state index in [4.69, 9.17) is 11.6 Å². The van der Waals surface area contributed by atoms with Crippen molar-refractivity contribution in [2.45, 2.75) is 0 Å². The first-order valence-electron chi connectivity index (χ1n) is 3.65. The summed E-state index contributed by atoms with van der Waals surface area (Å²) in [4.78, 5) is 3.84. The molecule has 0 saturated heterocycles. The van der Waals surface area contributed by atoms with Crippen LogP contribution in [0.3, 0.4) is 0 Å². The van der Waals surface area contributed by atoms with Crippen LogP contribution >= 0.6 is 11.6 Å². The number of phenols is 1. The van der Waals surface area contributed by atoms with E-state index < -0.39 is 0 Å². The van der Waals surface area contributed by atoms with Crippen LogP contribution in [0.15, 0.2) is 24.3 Å². The standard InChI is InChI=1S/C9H6ClNO2/c10-9-7(13)4-5-2-1-3-6(12)8(5)11-9/h1-4,12-13H. The molecular formula is C9H6ClNO2. The van der Waals surface area contributed by atoms with Gasteiger partial charge in [0.15, 0.2) is 10.9 Å². The number of nitrogens with zero attached hydrogens (tertiary/aromatic N) is 1. The fourth-order valence-electron chi connectivity index (χ4n) is 1.15. The lowest BCUT2D eigenvalue weighted by atomic mass is 10.2. The monoisotopic (exact) mass is 195 g/mol. The number of aromatic hydroxyl groups is 2. The van der Waals surface area contributed by atoms with Crippen LogP contribution in [-0.4, -0.2) is 15.2 Å². The molecule has 0 radical (unpaired) electrons. The second kappa shape index (κ2) is 2.78. The van der Waals surface area contributed by atoms with Crippen molar-refractivity contribution in [3.8, 4) is 11.5 Å². The summed E-state index contributed by atoms with van der Waals surface area (Å²) in [6.45, 7) is 0. The van der Waals surface area contributed by atoms with Crippen molar-refractivity contribution in [2.24, 2.45) is 0 Å². The van der Waals surface area contributed by atoms with E-state index in [1.807, 2.05) is 0 Å². The first kappa shape index (κ1) is 8.13. The van der Waals surface area contributed by atoms with Crippen molar-refractivity contribution in [3.05, 3.63) is 29.4 Å². The van der Waals surface area contributed by atoms with Gasteiger partial charge >= 0.3 is 0 Å². The van der Waals surface area contributed by atoms with Gasteiger partial charge in [0.25, 0.3) is 0 Å².